The largest absolute Gasteiger partial charge is 0.494 e. The number of benzene rings is 1. The van der Waals surface area contributed by atoms with E-state index in [1.165, 1.54) is 32.2 Å². The number of hydrogen-bond donors (Lipinski definition) is 1. The Hall–Kier alpha value is -4.01. The van der Waals surface area contributed by atoms with Gasteiger partial charge in [0.25, 0.3) is 5.91 Å². The maximum atomic E-state index is 13.7. The van der Waals surface area contributed by atoms with Gasteiger partial charge in [-0.1, -0.05) is 11.2 Å². The van der Waals surface area contributed by atoms with E-state index in [2.05, 4.69) is 20.4 Å². The molecule has 0 spiro atoms. The number of hydrogen-bond acceptors (Lipinski definition) is 12. The van der Waals surface area contributed by atoms with Gasteiger partial charge in [-0.05, 0) is 44.7 Å². The molecular formula is C27H32FN5O8. The number of carbonyl (C=O) groups is 3. The summed E-state index contributed by atoms with van der Waals surface area (Å²) in [5.74, 6) is -0.992. The fourth-order valence-electron chi connectivity index (χ4n) is 4.22. The predicted octanol–water partition coefficient (Wildman–Crippen LogP) is 1.16. The Morgan fingerprint density at radius 1 is 1.22 bits per heavy atom. The summed E-state index contributed by atoms with van der Waals surface area (Å²) >= 11 is 0. The highest BCUT2D eigenvalue weighted by molar-refractivity contribution is 6.02. The highest BCUT2D eigenvalue weighted by atomic mass is 19.1. The van der Waals surface area contributed by atoms with Crippen molar-refractivity contribution in [1.29, 1.82) is 0 Å². The Kier molecular flexibility index (Phi) is 9.91. The Morgan fingerprint density at radius 2 is 2.02 bits per heavy atom. The molecule has 14 heteroatoms. The first-order valence-electron chi connectivity index (χ1n) is 12.9. The summed E-state index contributed by atoms with van der Waals surface area (Å²) in [7, 11) is 3.06. The zero-order valence-electron chi connectivity index (χ0n) is 23.2. The van der Waals surface area contributed by atoms with E-state index in [0.717, 1.165) is 0 Å². The molecule has 3 heterocycles. The lowest BCUT2D eigenvalue weighted by Crippen LogP contribution is -2.50. The third-order valence-corrected chi connectivity index (χ3v) is 6.43. The number of halogens is 1. The lowest BCUT2D eigenvalue weighted by Gasteiger charge is -2.35. The maximum absolute atomic E-state index is 13.7. The summed E-state index contributed by atoms with van der Waals surface area (Å²) < 4.78 is 35.4. The van der Waals surface area contributed by atoms with Crippen LogP contribution in [0.2, 0.25) is 0 Å². The van der Waals surface area contributed by atoms with Crippen molar-refractivity contribution in [2.24, 2.45) is 5.16 Å². The molecule has 1 saturated heterocycles. The van der Waals surface area contributed by atoms with Crippen LogP contribution in [-0.2, 0) is 35.2 Å². The summed E-state index contributed by atoms with van der Waals surface area (Å²) in [6.45, 7) is 3.62. The highest BCUT2D eigenvalue weighted by Gasteiger charge is 2.37. The molecule has 0 unspecified atom stereocenters. The van der Waals surface area contributed by atoms with Crippen molar-refractivity contribution >= 4 is 23.9 Å². The second kappa shape index (κ2) is 13.6. The van der Waals surface area contributed by atoms with Crippen LogP contribution in [-0.4, -0.2) is 97.2 Å². The number of methoxy groups -OCH3 is 1. The molecule has 2 aromatic rings. The van der Waals surface area contributed by atoms with Crippen LogP contribution in [0.1, 0.15) is 40.9 Å². The second-order valence-corrected chi connectivity index (χ2v) is 9.63. The number of esters is 1. The smallest absolute Gasteiger partial charge is 0.320 e. The van der Waals surface area contributed by atoms with Crippen LogP contribution in [0, 0.1) is 12.7 Å². The molecule has 13 nitrogen and oxygen atoms in total. The average Bonchev–Trinajstić information content (AvgIpc) is 3.46. The van der Waals surface area contributed by atoms with Crippen LogP contribution < -0.4 is 10.1 Å². The van der Waals surface area contributed by atoms with Crippen molar-refractivity contribution in [3.05, 3.63) is 52.9 Å². The third kappa shape index (κ3) is 7.80. The van der Waals surface area contributed by atoms with Gasteiger partial charge < -0.3 is 29.1 Å². The summed E-state index contributed by atoms with van der Waals surface area (Å²) in [4.78, 5) is 51.3. The standard InChI is InChI=1S/C27H32FN5O8/c1-15(12-34)40-26(35)11-33(3)25-14-38-24(13-39-25)23-9-20(32-41-23)19-8-21(31-16(2)30-19)27(36)29-10-17-5-6-18(28)22(7-17)37-4/h5-8,12,15,23-25H,9-11,13-14H2,1-4H3,(H,29,36)/t15-,23-,24+,25+/m0/s1. The van der Waals surface area contributed by atoms with Crippen molar-refractivity contribution in [2.45, 2.75) is 51.4 Å². The maximum Gasteiger partial charge on any atom is 0.320 e. The van der Waals surface area contributed by atoms with Crippen molar-refractivity contribution in [1.82, 2.24) is 20.2 Å². The molecule has 220 valence electrons. The highest BCUT2D eigenvalue weighted by Crippen LogP contribution is 2.24. The van der Waals surface area contributed by atoms with Crippen molar-refractivity contribution < 1.29 is 42.6 Å². The van der Waals surface area contributed by atoms with E-state index in [0.29, 0.717) is 35.5 Å². The number of aromatic nitrogens is 2. The van der Waals surface area contributed by atoms with Gasteiger partial charge in [0.05, 0.1) is 32.6 Å². The molecule has 1 aromatic heterocycles. The number of likely N-dealkylation sites (N-methyl/N-ethyl adjacent to an activating group) is 1. The Balaban J connectivity index is 1.29. The predicted molar refractivity (Wildman–Crippen MR) is 141 cm³/mol. The molecule has 0 aliphatic carbocycles. The van der Waals surface area contributed by atoms with E-state index in [1.54, 1.807) is 24.9 Å². The Bertz CT molecular complexity index is 1300. The molecule has 1 aromatic carbocycles. The molecule has 1 amide bonds. The molecule has 2 aliphatic rings. The summed E-state index contributed by atoms with van der Waals surface area (Å²) in [5, 5.41) is 6.93. The number of nitrogens with zero attached hydrogens (tertiary/aromatic N) is 4. The lowest BCUT2D eigenvalue weighted by molar-refractivity contribution is -0.208. The van der Waals surface area contributed by atoms with Gasteiger partial charge in [-0.15, -0.1) is 0 Å². The zero-order chi connectivity index (χ0) is 29.5. The molecule has 0 bridgehead atoms. The quantitative estimate of drug-likeness (QED) is 0.305. The third-order valence-electron chi connectivity index (χ3n) is 6.43. The minimum Gasteiger partial charge on any atom is -0.494 e. The summed E-state index contributed by atoms with van der Waals surface area (Å²) in [5.41, 5.74) is 1.80. The van der Waals surface area contributed by atoms with Crippen LogP contribution >= 0.6 is 0 Å². The molecular weight excluding hydrogens is 541 g/mol. The Labute approximate surface area is 235 Å². The van der Waals surface area contributed by atoms with Crippen LogP contribution in [0.25, 0.3) is 0 Å². The van der Waals surface area contributed by atoms with E-state index in [-0.39, 0.29) is 37.7 Å². The number of rotatable bonds is 11. The van der Waals surface area contributed by atoms with Crippen molar-refractivity contribution in [3.8, 4) is 5.75 Å². The van der Waals surface area contributed by atoms with Crippen LogP contribution in [0.3, 0.4) is 0 Å². The number of ether oxygens (including phenoxy) is 4. The van der Waals surface area contributed by atoms with Gasteiger partial charge in [-0.25, -0.2) is 14.4 Å². The van der Waals surface area contributed by atoms with E-state index in [9.17, 15) is 18.8 Å². The van der Waals surface area contributed by atoms with Crippen LogP contribution in [0.5, 0.6) is 5.75 Å². The molecule has 1 fully saturated rings. The normalized spacial score (nSPS) is 21.0. The van der Waals surface area contributed by atoms with Gasteiger partial charge in [0.15, 0.2) is 30.1 Å². The lowest BCUT2D eigenvalue weighted by atomic mass is 10.0. The Morgan fingerprint density at radius 3 is 2.73 bits per heavy atom. The number of carbonyl (C=O) groups excluding carboxylic acids is 3. The topological polar surface area (TPSA) is 151 Å². The van der Waals surface area contributed by atoms with Crippen molar-refractivity contribution in [2.75, 3.05) is 33.9 Å². The molecule has 0 saturated carbocycles. The summed E-state index contributed by atoms with van der Waals surface area (Å²) in [6, 6.07) is 5.88. The number of amides is 1. The van der Waals surface area contributed by atoms with Gasteiger partial charge in [0.1, 0.15) is 29.6 Å². The molecule has 1 N–H and O–H groups in total. The molecule has 0 radical (unpaired) electrons. The molecule has 4 rings (SSSR count). The van der Waals surface area contributed by atoms with Crippen molar-refractivity contribution in [3.63, 3.8) is 0 Å². The van der Waals surface area contributed by atoms with Gasteiger partial charge >= 0.3 is 5.97 Å². The SMILES string of the molecule is COc1cc(CNC(=O)c2cc(C3=NO[C@H]([C@H]4CO[C@@H](N(C)CC(=O)O[C@@H](C)C=O)CO4)C3)nc(C)n2)ccc1F. The van der Waals surface area contributed by atoms with Gasteiger partial charge in [-0.3, -0.25) is 19.3 Å². The molecule has 41 heavy (non-hydrogen) atoms. The first-order valence-corrected chi connectivity index (χ1v) is 12.9. The van der Waals surface area contributed by atoms with E-state index in [4.69, 9.17) is 23.8 Å². The van der Waals surface area contributed by atoms with E-state index < -0.39 is 42.2 Å². The van der Waals surface area contributed by atoms with Gasteiger partial charge in [-0.2, -0.15) is 0 Å². The van der Waals surface area contributed by atoms with Crippen LogP contribution in [0.15, 0.2) is 29.4 Å². The average molecular weight is 574 g/mol. The minimum absolute atomic E-state index is 0.0644. The second-order valence-electron chi connectivity index (χ2n) is 9.63. The van der Waals surface area contributed by atoms with Crippen LogP contribution in [0.4, 0.5) is 4.39 Å². The molecule has 4 atom stereocenters. The fraction of sp³-hybridized carbons (Fsp3) is 0.481. The summed E-state index contributed by atoms with van der Waals surface area (Å²) in [6.07, 6.45) is -1.22. The van der Waals surface area contributed by atoms with Gasteiger partial charge in [0, 0.05) is 13.0 Å². The number of oxime groups is 1. The number of aldehydes is 1. The monoisotopic (exact) mass is 573 g/mol. The zero-order valence-corrected chi connectivity index (χ0v) is 23.2. The first kappa shape index (κ1) is 30.0. The fourth-order valence-corrected chi connectivity index (χ4v) is 4.22. The minimum atomic E-state index is -0.812. The first-order chi connectivity index (χ1) is 19.7. The number of nitrogens with one attached hydrogen (secondary N) is 1. The number of aryl methyl sites for hydroxylation is 1. The van der Waals surface area contributed by atoms with E-state index in [1.807, 2.05) is 0 Å². The molecule has 2 aliphatic heterocycles. The van der Waals surface area contributed by atoms with E-state index >= 15 is 0 Å². The van der Waals surface area contributed by atoms with Gasteiger partial charge in [0.2, 0.25) is 0 Å².